The zero-order valence-electron chi connectivity index (χ0n) is 12.5. The molecule has 0 spiro atoms. The number of hydrogen-bond acceptors (Lipinski definition) is 4. The van der Waals surface area contributed by atoms with Crippen molar-refractivity contribution < 1.29 is 14.6 Å². The predicted octanol–water partition coefficient (Wildman–Crippen LogP) is 3.15. The van der Waals surface area contributed by atoms with Gasteiger partial charge in [-0.1, -0.05) is 0 Å². The van der Waals surface area contributed by atoms with Gasteiger partial charge >= 0.3 is 0 Å². The van der Waals surface area contributed by atoms with Crippen LogP contribution in [-0.4, -0.2) is 37.7 Å². The van der Waals surface area contributed by atoms with Gasteiger partial charge in [0.05, 0.1) is 6.61 Å². The standard InChI is InChI=1S/C17H25NO3/c19-16-6-4-15(5-7-16)18-10-8-14(9-11-18)13-21-17-3-1-2-12-20-17/h4-7,14,17,19H,1-3,8-13H2. The molecule has 2 aliphatic heterocycles. The van der Waals surface area contributed by atoms with Crippen LogP contribution >= 0.6 is 0 Å². The van der Waals surface area contributed by atoms with E-state index in [2.05, 4.69) is 4.90 Å². The molecule has 2 aliphatic rings. The highest BCUT2D eigenvalue weighted by molar-refractivity contribution is 5.49. The topological polar surface area (TPSA) is 41.9 Å². The number of piperidine rings is 1. The maximum absolute atomic E-state index is 9.34. The molecule has 1 N–H and O–H groups in total. The summed E-state index contributed by atoms with van der Waals surface area (Å²) in [6.45, 7) is 3.80. The monoisotopic (exact) mass is 291 g/mol. The first-order valence-corrected chi connectivity index (χ1v) is 8.08. The number of hydrogen-bond donors (Lipinski definition) is 1. The van der Waals surface area contributed by atoms with Crippen LogP contribution in [0.1, 0.15) is 32.1 Å². The summed E-state index contributed by atoms with van der Waals surface area (Å²) in [5, 5.41) is 9.34. The van der Waals surface area contributed by atoms with Gasteiger partial charge in [-0.05, 0) is 62.3 Å². The van der Waals surface area contributed by atoms with Gasteiger partial charge in [-0.2, -0.15) is 0 Å². The summed E-state index contributed by atoms with van der Waals surface area (Å²) < 4.78 is 11.5. The van der Waals surface area contributed by atoms with E-state index in [9.17, 15) is 5.11 Å². The van der Waals surface area contributed by atoms with Crippen LogP contribution in [0.25, 0.3) is 0 Å². The molecule has 21 heavy (non-hydrogen) atoms. The van der Waals surface area contributed by atoms with Crippen LogP contribution in [0.2, 0.25) is 0 Å². The lowest BCUT2D eigenvalue weighted by Crippen LogP contribution is -2.36. The molecular formula is C17H25NO3. The quantitative estimate of drug-likeness (QED) is 0.925. The van der Waals surface area contributed by atoms with E-state index in [0.29, 0.717) is 11.7 Å². The van der Waals surface area contributed by atoms with Crippen LogP contribution in [-0.2, 0) is 9.47 Å². The molecule has 0 saturated carbocycles. The Bertz CT molecular complexity index is 420. The number of rotatable bonds is 4. The third-order valence-electron chi connectivity index (χ3n) is 4.49. The molecule has 3 rings (SSSR count). The fourth-order valence-corrected chi connectivity index (χ4v) is 3.11. The van der Waals surface area contributed by atoms with E-state index in [1.165, 1.54) is 18.5 Å². The first-order valence-electron chi connectivity index (χ1n) is 8.08. The van der Waals surface area contributed by atoms with E-state index in [1.807, 2.05) is 12.1 Å². The van der Waals surface area contributed by atoms with Crippen molar-refractivity contribution in [1.29, 1.82) is 0 Å². The summed E-state index contributed by atoms with van der Waals surface area (Å²) in [5.41, 5.74) is 1.20. The van der Waals surface area contributed by atoms with Crippen molar-refractivity contribution in [2.24, 2.45) is 5.92 Å². The van der Waals surface area contributed by atoms with E-state index in [0.717, 1.165) is 45.6 Å². The number of phenols is 1. The maximum Gasteiger partial charge on any atom is 0.157 e. The summed E-state index contributed by atoms with van der Waals surface area (Å²) in [6, 6.07) is 7.49. The van der Waals surface area contributed by atoms with E-state index in [1.54, 1.807) is 12.1 Å². The van der Waals surface area contributed by atoms with Gasteiger partial charge in [0, 0.05) is 25.4 Å². The highest BCUT2D eigenvalue weighted by Gasteiger charge is 2.22. The molecule has 0 bridgehead atoms. The second-order valence-electron chi connectivity index (χ2n) is 6.08. The van der Waals surface area contributed by atoms with Crippen LogP contribution < -0.4 is 4.90 Å². The van der Waals surface area contributed by atoms with Gasteiger partial charge in [0.2, 0.25) is 0 Å². The van der Waals surface area contributed by atoms with E-state index in [4.69, 9.17) is 9.47 Å². The fourth-order valence-electron chi connectivity index (χ4n) is 3.11. The van der Waals surface area contributed by atoms with E-state index < -0.39 is 0 Å². The Hall–Kier alpha value is -1.26. The van der Waals surface area contributed by atoms with Crippen LogP contribution in [0.15, 0.2) is 24.3 Å². The second kappa shape index (κ2) is 7.14. The molecule has 0 radical (unpaired) electrons. The second-order valence-corrected chi connectivity index (χ2v) is 6.08. The van der Waals surface area contributed by atoms with Gasteiger partial charge in [-0.3, -0.25) is 0 Å². The minimum Gasteiger partial charge on any atom is -0.508 e. The predicted molar refractivity (Wildman–Crippen MR) is 82.6 cm³/mol. The van der Waals surface area contributed by atoms with E-state index >= 15 is 0 Å². The molecule has 1 atom stereocenters. The van der Waals surface area contributed by atoms with Crippen molar-refractivity contribution in [3.63, 3.8) is 0 Å². The molecule has 0 aliphatic carbocycles. The number of phenolic OH excluding ortho intramolecular Hbond substituents is 1. The smallest absolute Gasteiger partial charge is 0.157 e. The Morgan fingerprint density at radius 1 is 1.10 bits per heavy atom. The molecule has 1 unspecified atom stereocenters. The van der Waals surface area contributed by atoms with E-state index in [-0.39, 0.29) is 6.29 Å². The van der Waals surface area contributed by atoms with Crippen LogP contribution in [0.4, 0.5) is 5.69 Å². The maximum atomic E-state index is 9.34. The Morgan fingerprint density at radius 3 is 2.52 bits per heavy atom. The van der Waals surface area contributed by atoms with Crippen LogP contribution in [0.5, 0.6) is 5.75 Å². The molecule has 2 saturated heterocycles. The summed E-state index contributed by atoms with van der Waals surface area (Å²) in [4.78, 5) is 2.38. The first kappa shape index (κ1) is 14.7. The minimum atomic E-state index is 0.0360. The fraction of sp³-hybridized carbons (Fsp3) is 0.647. The molecule has 1 aromatic carbocycles. The SMILES string of the molecule is Oc1ccc(N2CCC(COC3CCCCO3)CC2)cc1. The molecule has 4 nitrogen and oxygen atoms in total. The van der Waals surface area contributed by atoms with Crippen molar-refractivity contribution >= 4 is 5.69 Å². The number of nitrogens with zero attached hydrogens (tertiary/aromatic N) is 1. The number of ether oxygens (including phenoxy) is 2. The largest absolute Gasteiger partial charge is 0.508 e. The van der Waals surface area contributed by atoms with Gasteiger partial charge in [0.25, 0.3) is 0 Å². The van der Waals surface area contributed by atoms with Crippen molar-refractivity contribution in [2.45, 2.75) is 38.4 Å². The van der Waals surface area contributed by atoms with Crippen molar-refractivity contribution in [3.05, 3.63) is 24.3 Å². The van der Waals surface area contributed by atoms with Gasteiger partial charge in [0.15, 0.2) is 6.29 Å². The summed E-state index contributed by atoms with van der Waals surface area (Å²) in [6.07, 6.45) is 5.80. The van der Waals surface area contributed by atoms with Crippen LogP contribution in [0, 0.1) is 5.92 Å². The van der Waals surface area contributed by atoms with Gasteiger partial charge < -0.3 is 19.5 Å². The molecule has 116 valence electrons. The van der Waals surface area contributed by atoms with Gasteiger partial charge in [-0.25, -0.2) is 0 Å². The summed E-state index contributed by atoms with van der Waals surface area (Å²) >= 11 is 0. The summed E-state index contributed by atoms with van der Waals surface area (Å²) in [7, 11) is 0. The third kappa shape index (κ3) is 4.11. The Balaban J connectivity index is 1.41. The summed E-state index contributed by atoms with van der Waals surface area (Å²) in [5.74, 6) is 0.971. The molecule has 4 heteroatoms. The average Bonchev–Trinajstić information content (AvgIpc) is 2.55. The lowest BCUT2D eigenvalue weighted by Gasteiger charge is -2.34. The lowest BCUT2D eigenvalue weighted by atomic mass is 9.97. The molecule has 2 fully saturated rings. The zero-order chi connectivity index (χ0) is 14.5. The first-order chi connectivity index (χ1) is 10.3. The Kier molecular flexibility index (Phi) is 4.99. The van der Waals surface area contributed by atoms with Crippen molar-refractivity contribution in [3.8, 4) is 5.75 Å². The highest BCUT2D eigenvalue weighted by atomic mass is 16.7. The number of aromatic hydroxyl groups is 1. The normalized spacial score (nSPS) is 24.2. The van der Waals surface area contributed by atoms with Gasteiger partial charge in [-0.15, -0.1) is 0 Å². The van der Waals surface area contributed by atoms with Gasteiger partial charge in [0.1, 0.15) is 5.75 Å². The average molecular weight is 291 g/mol. The molecule has 0 aromatic heterocycles. The molecule has 2 heterocycles. The zero-order valence-corrected chi connectivity index (χ0v) is 12.5. The minimum absolute atomic E-state index is 0.0360. The molecule has 1 aromatic rings. The molecular weight excluding hydrogens is 266 g/mol. The van der Waals surface area contributed by atoms with Crippen molar-refractivity contribution in [1.82, 2.24) is 0 Å². The third-order valence-corrected chi connectivity index (χ3v) is 4.49. The Morgan fingerprint density at radius 2 is 1.86 bits per heavy atom. The highest BCUT2D eigenvalue weighted by Crippen LogP contribution is 2.25. The van der Waals surface area contributed by atoms with Crippen molar-refractivity contribution in [2.75, 3.05) is 31.2 Å². The van der Waals surface area contributed by atoms with Crippen LogP contribution in [0.3, 0.4) is 0 Å². The number of benzene rings is 1. The lowest BCUT2D eigenvalue weighted by molar-refractivity contribution is -0.169. The number of anilines is 1. The molecule has 0 amide bonds. The Labute approximate surface area is 126 Å².